The lowest BCUT2D eigenvalue weighted by atomic mass is 10.1. The first-order chi connectivity index (χ1) is 9.51. The quantitative estimate of drug-likeness (QED) is 0.678. The van der Waals surface area contributed by atoms with Gasteiger partial charge in [-0.25, -0.2) is 4.79 Å². The molecule has 1 aromatic rings. The van der Waals surface area contributed by atoms with E-state index in [0.717, 1.165) is 12.8 Å². The van der Waals surface area contributed by atoms with Crippen molar-refractivity contribution in [1.82, 2.24) is 4.90 Å². The maximum atomic E-state index is 11.6. The number of carbonyl (C=O) groups excluding carboxylic acids is 1. The molecule has 1 aromatic carbocycles. The zero-order chi connectivity index (χ0) is 14.7. The fraction of sp³-hybridized carbons (Fsp3) is 0.438. The molecule has 2 rings (SSSR count). The van der Waals surface area contributed by atoms with Gasteiger partial charge in [0.25, 0.3) is 0 Å². The summed E-state index contributed by atoms with van der Waals surface area (Å²) >= 11 is 0. The average molecular weight is 309 g/mol. The lowest BCUT2D eigenvalue weighted by Gasteiger charge is -2.15. The highest BCUT2D eigenvalue weighted by Gasteiger charge is 2.27. The Hall–Kier alpha value is -1.70. The predicted molar refractivity (Wildman–Crippen MR) is 77.4 cm³/mol. The molecule has 0 bridgehead atoms. The van der Waals surface area contributed by atoms with Gasteiger partial charge in [0, 0.05) is 26.1 Å². The average Bonchev–Trinajstić information content (AvgIpc) is 2.81. The number of ether oxygens (including phenoxy) is 1. The first-order valence-electron chi connectivity index (χ1n) is 6.84. The van der Waals surface area contributed by atoms with Crippen molar-refractivity contribution in [2.45, 2.75) is 31.8 Å². The second-order valence-electron chi connectivity index (χ2n) is 5.42. The van der Waals surface area contributed by atoms with Crippen molar-refractivity contribution in [2.75, 3.05) is 14.1 Å². The van der Waals surface area contributed by atoms with Gasteiger partial charge in [-0.3, -0.25) is 0 Å². The molecule has 1 aliphatic carbocycles. The Kier molecular flexibility index (Phi) is 6.07. The number of benzene rings is 1. The minimum Gasteiger partial charge on any atom is -1.00 e. The van der Waals surface area contributed by atoms with Crippen molar-refractivity contribution in [1.29, 1.82) is 0 Å². The topological polar surface area (TPSA) is 46.1 Å². The number of nitrogens with zero attached hydrogens (tertiary/aromatic N) is 1. The summed E-state index contributed by atoms with van der Waals surface area (Å²) in [7, 11) is 3.34. The smallest absolute Gasteiger partial charge is 0.414 e. The molecule has 4 nitrogen and oxygen atoms in total. The molecular weight excluding hydrogens is 288 g/mol. The summed E-state index contributed by atoms with van der Waals surface area (Å²) in [4.78, 5) is 13.0. The largest absolute Gasteiger partial charge is 1.00 e. The van der Waals surface area contributed by atoms with E-state index >= 15 is 0 Å². The summed E-state index contributed by atoms with van der Waals surface area (Å²) in [5.41, 5.74) is 2.55. The van der Waals surface area contributed by atoms with Gasteiger partial charge in [-0.1, -0.05) is 6.07 Å². The van der Waals surface area contributed by atoms with Crippen LogP contribution in [0.25, 0.3) is 0 Å². The Bertz CT molecular complexity index is 552. The van der Waals surface area contributed by atoms with Gasteiger partial charge in [-0.15, -0.1) is 6.42 Å². The number of rotatable bonds is 3. The van der Waals surface area contributed by atoms with E-state index in [4.69, 9.17) is 11.2 Å². The summed E-state index contributed by atoms with van der Waals surface area (Å²) in [6.07, 6.45) is 7.21. The van der Waals surface area contributed by atoms with Crippen molar-refractivity contribution >= 4 is 6.09 Å². The Labute approximate surface area is 132 Å². The Morgan fingerprint density at radius 3 is 2.86 bits per heavy atom. The number of hydrogen-bond acceptors (Lipinski definition) is 2. The molecule has 2 unspecified atom stereocenters. The molecule has 0 aliphatic heterocycles. The molecule has 1 aliphatic rings. The Morgan fingerprint density at radius 2 is 2.24 bits per heavy atom. The number of nitrogens with two attached hydrogens (primary N) is 1. The van der Waals surface area contributed by atoms with Crippen LogP contribution in [0, 0.1) is 12.3 Å². The second kappa shape index (κ2) is 7.35. The second-order valence-corrected chi connectivity index (χ2v) is 5.42. The molecule has 1 amide bonds. The number of aryl methyl sites for hydroxylation is 1. The number of carbonyl (C=O) groups is 1. The fourth-order valence-corrected chi connectivity index (χ4v) is 2.47. The Morgan fingerprint density at radius 1 is 1.52 bits per heavy atom. The normalized spacial score (nSPS) is 17.1. The van der Waals surface area contributed by atoms with Crippen LogP contribution in [0.5, 0.6) is 5.75 Å². The highest BCUT2D eigenvalue weighted by Crippen LogP contribution is 2.31. The molecule has 2 atom stereocenters. The third-order valence-corrected chi connectivity index (χ3v) is 3.60. The van der Waals surface area contributed by atoms with E-state index < -0.39 is 0 Å². The van der Waals surface area contributed by atoms with E-state index in [-0.39, 0.29) is 24.5 Å². The number of halogens is 1. The first kappa shape index (κ1) is 17.4. The maximum absolute atomic E-state index is 11.6. The summed E-state index contributed by atoms with van der Waals surface area (Å²) < 4.78 is 5.31. The van der Waals surface area contributed by atoms with Crippen LogP contribution in [0.3, 0.4) is 0 Å². The van der Waals surface area contributed by atoms with E-state index in [2.05, 4.69) is 11.2 Å². The maximum Gasteiger partial charge on any atom is 0.414 e. The molecule has 0 saturated heterocycles. The molecule has 0 aromatic heterocycles. The molecule has 114 valence electrons. The van der Waals surface area contributed by atoms with E-state index in [1.807, 2.05) is 25.1 Å². The molecule has 0 fully saturated rings. The summed E-state index contributed by atoms with van der Waals surface area (Å²) in [6.45, 7) is 2.02. The predicted octanol–water partition coefficient (Wildman–Crippen LogP) is -1.68. The van der Waals surface area contributed by atoms with Crippen molar-refractivity contribution in [3.05, 3.63) is 29.3 Å². The lowest BCUT2D eigenvalue weighted by molar-refractivity contribution is -0.713. The molecule has 2 N–H and O–H groups in total. The van der Waals surface area contributed by atoms with Gasteiger partial charge in [-0.2, -0.15) is 0 Å². The zero-order valence-electron chi connectivity index (χ0n) is 12.6. The van der Waals surface area contributed by atoms with Gasteiger partial charge in [0.15, 0.2) is 0 Å². The SMILES string of the molecule is C#CC(C)[NH2+]C1CCc2ccc(OC(=O)N(C)C)cc21.[Cl-]. The van der Waals surface area contributed by atoms with Gasteiger partial charge in [0.05, 0.1) is 0 Å². The van der Waals surface area contributed by atoms with Crippen molar-refractivity contribution < 1.29 is 27.3 Å². The van der Waals surface area contributed by atoms with E-state index in [9.17, 15) is 4.79 Å². The molecule has 0 saturated carbocycles. The minimum atomic E-state index is -0.361. The van der Waals surface area contributed by atoms with Crippen LogP contribution in [0.1, 0.15) is 30.5 Å². The number of terminal acetylenes is 1. The number of hydrogen-bond donors (Lipinski definition) is 1. The summed E-state index contributed by atoms with van der Waals surface area (Å²) in [5, 5.41) is 2.20. The third kappa shape index (κ3) is 4.13. The van der Waals surface area contributed by atoms with Crippen LogP contribution in [-0.4, -0.2) is 31.1 Å². The van der Waals surface area contributed by atoms with Gasteiger partial charge in [-0.05, 0) is 37.0 Å². The van der Waals surface area contributed by atoms with E-state index in [0.29, 0.717) is 11.8 Å². The van der Waals surface area contributed by atoms with Crippen molar-refractivity contribution in [3.63, 3.8) is 0 Å². The third-order valence-electron chi connectivity index (χ3n) is 3.60. The van der Waals surface area contributed by atoms with Crippen molar-refractivity contribution in [2.24, 2.45) is 0 Å². The van der Waals surface area contributed by atoms with Gasteiger partial charge in [0.1, 0.15) is 17.8 Å². The number of fused-ring (bicyclic) bond motifs is 1. The summed E-state index contributed by atoms with van der Waals surface area (Å²) in [5.74, 6) is 3.33. The van der Waals surface area contributed by atoms with Crippen LogP contribution in [0.2, 0.25) is 0 Å². The summed E-state index contributed by atoms with van der Waals surface area (Å²) in [6, 6.07) is 6.37. The van der Waals surface area contributed by atoms with Crippen molar-refractivity contribution in [3.8, 4) is 18.1 Å². The molecular formula is C16H21ClN2O2. The molecule has 0 radical (unpaired) electrons. The first-order valence-corrected chi connectivity index (χ1v) is 6.84. The number of amides is 1. The molecule has 5 heteroatoms. The van der Waals surface area contributed by atoms with Crippen LogP contribution in [0.4, 0.5) is 4.79 Å². The van der Waals surface area contributed by atoms with Gasteiger partial charge >= 0.3 is 6.09 Å². The molecule has 0 spiro atoms. The van der Waals surface area contributed by atoms with Crippen LogP contribution in [0.15, 0.2) is 18.2 Å². The highest BCUT2D eigenvalue weighted by atomic mass is 35.5. The molecule has 0 heterocycles. The zero-order valence-corrected chi connectivity index (χ0v) is 13.4. The monoisotopic (exact) mass is 308 g/mol. The van der Waals surface area contributed by atoms with Crippen LogP contribution >= 0.6 is 0 Å². The van der Waals surface area contributed by atoms with Crippen LogP contribution < -0.4 is 22.5 Å². The van der Waals surface area contributed by atoms with E-state index in [1.54, 1.807) is 14.1 Å². The number of quaternary nitrogens is 1. The van der Waals surface area contributed by atoms with E-state index in [1.165, 1.54) is 16.0 Å². The fourth-order valence-electron chi connectivity index (χ4n) is 2.47. The van der Waals surface area contributed by atoms with Crippen LogP contribution in [-0.2, 0) is 6.42 Å². The highest BCUT2D eigenvalue weighted by molar-refractivity contribution is 5.70. The Balaban J connectivity index is 0.00000220. The van der Waals surface area contributed by atoms with Gasteiger partial charge in [0.2, 0.25) is 0 Å². The van der Waals surface area contributed by atoms with Gasteiger partial charge < -0.3 is 27.4 Å². The molecule has 21 heavy (non-hydrogen) atoms. The standard InChI is InChI=1S/C16H20N2O2.ClH/c1-5-11(2)17-15-9-7-12-6-8-13(10-14(12)15)20-16(19)18(3)4;/h1,6,8,10-11,15,17H,7,9H2,2-4H3;1H. The lowest BCUT2D eigenvalue weighted by Crippen LogP contribution is -3.00. The minimum absolute atomic E-state index is 0.